The lowest BCUT2D eigenvalue weighted by molar-refractivity contribution is -0.145. The molecule has 0 unspecified atom stereocenters. The van der Waals surface area contributed by atoms with Crippen LogP contribution in [0.4, 0.5) is 0 Å². The number of unbranched alkanes of at least 4 members (excludes halogenated alkanes) is 11. The summed E-state index contributed by atoms with van der Waals surface area (Å²) >= 11 is 0. The second kappa shape index (κ2) is 17.8. The standard InChI is InChI=1S/C25H40O2/c1-2-3-4-5-6-7-8-9-10-11-12-13-14-15-19-22-25(26)27-23-24-20-17-16-18-21-24/h7-8,16-18,20-21H,2-6,9-15,19,22-23H2,1H3/b8-7+. The molecule has 0 amide bonds. The predicted molar refractivity (Wildman–Crippen MR) is 116 cm³/mol. The van der Waals surface area contributed by atoms with Crippen LogP contribution in [0, 0.1) is 0 Å². The Bertz CT molecular complexity index is 478. The van der Waals surface area contributed by atoms with Crippen LogP contribution >= 0.6 is 0 Å². The Morgan fingerprint density at radius 2 is 1.33 bits per heavy atom. The molecular formula is C25H40O2. The van der Waals surface area contributed by atoms with Crippen LogP contribution in [0.1, 0.15) is 102 Å². The van der Waals surface area contributed by atoms with Gasteiger partial charge in [0.15, 0.2) is 0 Å². The number of rotatable bonds is 17. The first-order valence-corrected chi connectivity index (χ1v) is 11.2. The molecule has 0 spiro atoms. The van der Waals surface area contributed by atoms with Crippen molar-refractivity contribution in [3.05, 3.63) is 48.0 Å². The van der Waals surface area contributed by atoms with Gasteiger partial charge >= 0.3 is 5.97 Å². The maximum Gasteiger partial charge on any atom is 0.306 e. The smallest absolute Gasteiger partial charge is 0.306 e. The van der Waals surface area contributed by atoms with Crippen molar-refractivity contribution in [3.63, 3.8) is 0 Å². The van der Waals surface area contributed by atoms with Gasteiger partial charge in [0.1, 0.15) is 6.61 Å². The molecule has 0 bridgehead atoms. The van der Waals surface area contributed by atoms with E-state index in [1.807, 2.05) is 30.3 Å². The van der Waals surface area contributed by atoms with Crippen LogP contribution in [0.15, 0.2) is 42.5 Å². The molecule has 0 aromatic heterocycles. The van der Waals surface area contributed by atoms with Gasteiger partial charge in [0.25, 0.3) is 0 Å². The largest absolute Gasteiger partial charge is 0.461 e. The Kier molecular flexibility index (Phi) is 15.5. The summed E-state index contributed by atoms with van der Waals surface area (Å²) in [5.74, 6) is -0.0691. The van der Waals surface area contributed by atoms with E-state index in [1.54, 1.807) is 0 Å². The lowest BCUT2D eigenvalue weighted by Crippen LogP contribution is -2.04. The number of carbonyl (C=O) groups excluding carboxylic acids is 1. The quantitative estimate of drug-likeness (QED) is 0.159. The third-order valence-corrected chi connectivity index (χ3v) is 4.89. The second-order valence-electron chi connectivity index (χ2n) is 7.48. The van der Waals surface area contributed by atoms with Crippen molar-refractivity contribution >= 4 is 5.97 Å². The lowest BCUT2D eigenvalue weighted by atomic mass is 10.1. The molecule has 1 aromatic rings. The zero-order valence-electron chi connectivity index (χ0n) is 17.5. The number of hydrogen-bond donors (Lipinski definition) is 0. The number of benzene rings is 1. The number of ether oxygens (including phenoxy) is 1. The first-order chi connectivity index (χ1) is 13.3. The first kappa shape index (κ1) is 23.5. The van der Waals surface area contributed by atoms with Crippen LogP contribution < -0.4 is 0 Å². The monoisotopic (exact) mass is 372 g/mol. The van der Waals surface area contributed by atoms with Crippen LogP contribution in [0.3, 0.4) is 0 Å². The Morgan fingerprint density at radius 3 is 1.96 bits per heavy atom. The SMILES string of the molecule is CCCCCC/C=C/CCCCCCCCCC(=O)OCc1ccccc1. The molecule has 0 saturated carbocycles. The zero-order chi connectivity index (χ0) is 19.4. The summed E-state index contributed by atoms with van der Waals surface area (Å²) in [6.07, 6.45) is 21.8. The predicted octanol–water partition coefficient (Wildman–Crippen LogP) is 7.77. The third-order valence-electron chi connectivity index (χ3n) is 4.89. The van der Waals surface area contributed by atoms with Crippen molar-refractivity contribution in [2.75, 3.05) is 0 Å². The number of hydrogen-bond acceptors (Lipinski definition) is 2. The van der Waals surface area contributed by atoms with Crippen molar-refractivity contribution < 1.29 is 9.53 Å². The van der Waals surface area contributed by atoms with E-state index in [4.69, 9.17) is 4.74 Å². The fourth-order valence-electron chi connectivity index (χ4n) is 3.15. The van der Waals surface area contributed by atoms with Gasteiger partial charge < -0.3 is 4.74 Å². The van der Waals surface area contributed by atoms with E-state index in [1.165, 1.54) is 70.6 Å². The topological polar surface area (TPSA) is 26.3 Å². The lowest BCUT2D eigenvalue weighted by Gasteiger charge is -2.05. The van der Waals surface area contributed by atoms with Crippen LogP contribution in [0.2, 0.25) is 0 Å². The molecule has 0 aliphatic carbocycles. The van der Waals surface area contributed by atoms with E-state index in [0.717, 1.165) is 18.4 Å². The molecule has 0 fully saturated rings. The molecule has 0 radical (unpaired) electrons. The van der Waals surface area contributed by atoms with E-state index in [0.29, 0.717) is 13.0 Å². The number of carbonyl (C=O) groups is 1. The Labute approximate surface area is 167 Å². The van der Waals surface area contributed by atoms with Crippen molar-refractivity contribution in [2.45, 2.75) is 103 Å². The Morgan fingerprint density at radius 1 is 0.778 bits per heavy atom. The summed E-state index contributed by atoms with van der Waals surface area (Å²) in [4.78, 5) is 11.7. The van der Waals surface area contributed by atoms with Gasteiger partial charge in [-0.1, -0.05) is 101 Å². The molecule has 0 heterocycles. The summed E-state index contributed by atoms with van der Waals surface area (Å²) < 4.78 is 5.30. The highest BCUT2D eigenvalue weighted by molar-refractivity contribution is 5.69. The zero-order valence-corrected chi connectivity index (χ0v) is 17.5. The van der Waals surface area contributed by atoms with Gasteiger partial charge in [-0.15, -0.1) is 0 Å². The van der Waals surface area contributed by atoms with Gasteiger partial charge in [-0.05, 0) is 37.7 Å². The summed E-state index contributed by atoms with van der Waals surface area (Å²) in [7, 11) is 0. The summed E-state index contributed by atoms with van der Waals surface area (Å²) in [6.45, 7) is 2.66. The Hall–Kier alpha value is -1.57. The molecule has 0 atom stereocenters. The molecule has 152 valence electrons. The maximum atomic E-state index is 11.7. The summed E-state index contributed by atoms with van der Waals surface area (Å²) in [5, 5.41) is 0. The fraction of sp³-hybridized carbons (Fsp3) is 0.640. The molecule has 1 aromatic carbocycles. The molecular weight excluding hydrogens is 332 g/mol. The number of allylic oxidation sites excluding steroid dienone is 2. The van der Waals surface area contributed by atoms with Crippen molar-refractivity contribution in [1.82, 2.24) is 0 Å². The molecule has 0 saturated heterocycles. The minimum atomic E-state index is -0.0691. The average molecular weight is 373 g/mol. The van der Waals surface area contributed by atoms with Gasteiger partial charge in [0.2, 0.25) is 0 Å². The Balaban J connectivity index is 1.81. The molecule has 2 nitrogen and oxygen atoms in total. The molecule has 1 rings (SSSR count). The van der Waals surface area contributed by atoms with Gasteiger partial charge in [-0.25, -0.2) is 0 Å². The van der Waals surface area contributed by atoms with Crippen molar-refractivity contribution in [2.24, 2.45) is 0 Å². The molecule has 0 N–H and O–H groups in total. The highest BCUT2D eigenvalue weighted by Crippen LogP contribution is 2.11. The fourth-order valence-corrected chi connectivity index (χ4v) is 3.15. The first-order valence-electron chi connectivity index (χ1n) is 11.2. The maximum absolute atomic E-state index is 11.7. The highest BCUT2D eigenvalue weighted by atomic mass is 16.5. The van der Waals surface area contributed by atoms with Gasteiger partial charge in [-0.3, -0.25) is 4.79 Å². The molecule has 0 aliphatic rings. The average Bonchev–Trinajstić information content (AvgIpc) is 2.70. The molecule has 0 aliphatic heterocycles. The highest BCUT2D eigenvalue weighted by Gasteiger charge is 2.03. The van der Waals surface area contributed by atoms with Crippen LogP contribution in [-0.4, -0.2) is 5.97 Å². The normalized spacial score (nSPS) is 11.1. The van der Waals surface area contributed by atoms with E-state index in [2.05, 4.69) is 19.1 Å². The van der Waals surface area contributed by atoms with Crippen molar-refractivity contribution in [1.29, 1.82) is 0 Å². The summed E-state index contributed by atoms with van der Waals surface area (Å²) in [6, 6.07) is 9.87. The van der Waals surface area contributed by atoms with E-state index < -0.39 is 0 Å². The van der Waals surface area contributed by atoms with E-state index in [-0.39, 0.29) is 5.97 Å². The van der Waals surface area contributed by atoms with Gasteiger partial charge in [0, 0.05) is 6.42 Å². The minimum Gasteiger partial charge on any atom is -0.461 e. The van der Waals surface area contributed by atoms with Crippen molar-refractivity contribution in [3.8, 4) is 0 Å². The minimum absolute atomic E-state index is 0.0691. The van der Waals surface area contributed by atoms with E-state index >= 15 is 0 Å². The van der Waals surface area contributed by atoms with Crippen LogP contribution in [-0.2, 0) is 16.1 Å². The van der Waals surface area contributed by atoms with Crippen LogP contribution in [0.5, 0.6) is 0 Å². The van der Waals surface area contributed by atoms with Gasteiger partial charge in [0.05, 0.1) is 0 Å². The molecule has 27 heavy (non-hydrogen) atoms. The van der Waals surface area contributed by atoms with Crippen LogP contribution in [0.25, 0.3) is 0 Å². The number of esters is 1. The summed E-state index contributed by atoms with van der Waals surface area (Å²) in [5.41, 5.74) is 1.05. The van der Waals surface area contributed by atoms with Gasteiger partial charge in [-0.2, -0.15) is 0 Å². The van der Waals surface area contributed by atoms with E-state index in [9.17, 15) is 4.79 Å². The molecule has 2 heteroatoms. The third kappa shape index (κ3) is 15.2. The second-order valence-corrected chi connectivity index (χ2v) is 7.48.